The summed E-state index contributed by atoms with van der Waals surface area (Å²) in [7, 11) is 0. The Kier molecular flexibility index (Phi) is 6.51. The van der Waals surface area contributed by atoms with Crippen LogP contribution in [0.25, 0.3) is 77.6 Å². The van der Waals surface area contributed by atoms with Crippen molar-refractivity contribution in [3.05, 3.63) is 170 Å². The van der Waals surface area contributed by atoms with Gasteiger partial charge in [0, 0.05) is 22.5 Å². The van der Waals surface area contributed by atoms with E-state index in [4.69, 9.17) is 9.97 Å². The first kappa shape index (κ1) is 25.8. The first-order chi connectivity index (χ1) is 21.8. The molecule has 2 aromatic heterocycles. The van der Waals surface area contributed by atoms with E-state index < -0.39 is 0 Å². The Labute approximate surface area is 257 Å². The van der Waals surface area contributed by atoms with Crippen molar-refractivity contribution in [1.82, 2.24) is 9.97 Å². The zero-order chi connectivity index (χ0) is 29.3. The van der Waals surface area contributed by atoms with Crippen LogP contribution in [0.3, 0.4) is 0 Å². The largest absolute Gasteiger partial charge is 0.254 e. The Morgan fingerprint density at radius 2 is 0.773 bits per heavy atom. The second-order valence-electron chi connectivity index (χ2n) is 11.1. The molecule has 6 aromatic carbocycles. The minimum Gasteiger partial charge on any atom is -0.254 e. The summed E-state index contributed by atoms with van der Waals surface area (Å²) in [5.74, 6) is 0. The Morgan fingerprint density at radius 3 is 1.39 bits per heavy atom. The predicted molar refractivity (Wildman–Crippen MR) is 184 cm³/mol. The molecule has 2 nitrogen and oxygen atoms in total. The monoisotopic (exact) mass is 560 g/mol. The molecule has 44 heavy (non-hydrogen) atoms. The summed E-state index contributed by atoms with van der Waals surface area (Å²) in [6.45, 7) is 0. The molecular weight excluding hydrogens is 532 g/mol. The maximum absolute atomic E-state index is 5.05. The molecule has 0 unspecified atom stereocenters. The number of aromatic nitrogens is 2. The third kappa shape index (κ3) is 4.83. The minimum absolute atomic E-state index is 0.867. The number of para-hydroxylation sites is 1. The van der Waals surface area contributed by atoms with Crippen molar-refractivity contribution in [2.45, 2.75) is 0 Å². The quantitative estimate of drug-likeness (QED) is 0.196. The van der Waals surface area contributed by atoms with Crippen molar-refractivity contribution in [2.24, 2.45) is 0 Å². The zero-order valence-corrected chi connectivity index (χ0v) is 24.1. The Balaban J connectivity index is 1.21. The summed E-state index contributed by atoms with van der Waals surface area (Å²) >= 11 is 0. The molecule has 8 rings (SSSR count). The molecular formula is C42H28N2. The third-order valence-electron chi connectivity index (χ3n) is 8.31. The standard InChI is InChI=1S/C42H28N2/c1-3-11-29(12-4-1)31-19-21-32(22-20-31)35-25-34(30-13-5-2-6-14-30)26-36(27-35)33-23-24-41(43-28-33)42-39-17-8-7-15-37(39)38-16-9-10-18-40(38)44-42/h1-28H. The van der Waals surface area contributed by atoms with Crippen LogP contribution in [0.15, 0.2) is 170 Å². The van der Waals surface area contributed by atoms with E-state index in [2.05, 4.69) is 158 Å². The van der Waals surface area contributed by atoms with Crippen LogP contribution in [0.4, 0.5) is 0 Å². The maximum atomic E-state index is 5.05. The van der Waals surface area contributed by atoms with Gasteiger partial charge in [0.15, 0.2) is 0 Å². The summed E-state index contributed by atoms with van der Waals surface area (Å²) in [6.07, 6.45) is 1.98. The molecule has 0 saturated heterocycles. The lowest BCUT2D eigenvalue weighted by Gasteiger charge is -2.13. The molecule has 2 heteroatoms. The van der Waals surface area contributed by atoms with E-state index >= 15 is 0 Å². The predicted octanol–water partition coefficient (Wildman–Crippen LogP) is 11.1. The Bertz CT molecular complexity index is 2240. The number of hydrogen-bond acceptors (Lipinski definition) is 2. The fourth-order valence-electron chi connectivity index (χ4n) is 6.05. The molecule has 206 valence electrons. The molecule has 0 atom stereocenters. The van der Waals surface area contributed by atoms with Gasteiger partial charge in [-0.1, -0.05) is 133 Å². The number of nitrogens with zero attached hydrogens (tertiary/aromatic N) is 2. The van der Waals surface area contributed by atoms with Crippen molar-refractivity contribution in [1.29, 1.82) is 0 Å². The van der Waals surface area contributed by atoms with Gasteiger partial charge in [0.2, 0.25) is 0 Å². The van der Waals surface area contributed by atoms with Crippen LogP contribution in [0.2, 0.25) is 0 Å². The molecule has 0 saturated carbocycles. The molecule has 0 N–H and O–H groups in total. The minimum atomic E-state index is 0.867. The van der Waals surface area contributed by atoms with Gasteiger partial charge in [0.05, 0.1) is 16.9 Å². The Morgan fingerprint density at radius 1 is 0.318 bits per heavy atom. The second-order valence-corrected chi connectivity index (χ2v) is 11.1. The first-order valence-electron chi connectivity index (χ1n) is 14.9. The molecule has 8 aromatic rings. The van der Waals surface area contributed by atoms with Crippen molar-refractivity contribution in [2.75, 3.05) is 0 Å². The van der Waals surface area contributed by atoms with Crippen LogP contribution in [0.5, 0.6) is 0 Å². The lowest BCUT2D eigenvalue weighted by Crippen LogP contribution is -1.92. The van der Waals surface area contributed by atoms with E-state index in [9.17, 15) is 0 Å². The molecule has 2 heterocycles. The van der Waals surface area contributed by atoms with E-state index in [0.717, 1.165) is 38.8 Å². The fraction of sp³-hybridized carbons (Fsp3) is 0. The molecule has 0 radical (unpaired) electrons. The van der Waals surface area contributed by atoms with Crippen molar-refractivity contribution in [3.63, 3.8) is 0 Å². The molecule has 0 fully saturated rings. The van der Waals surface area contributed by atoms with Gasteiger partial charge in [0.1, 0.15) is 0 Å². The maximum Gasteiger partial charge on any atom is 0.0972 e. The van der Waals surface area contributed by atoms with Gasteiger partial charge < -0.3 is 0 Å². The van der Waals surface area contributed by atoms with Gasteiger partial charge in [-0.25, -0.2) is 4.98 Å². The molecule has 0 amide bonds. The van der Waals surface area contributed by atoms with Gasteiger partial charge in [-0.15, -0.1) is 0 Å². The van der Waals surface area contributed by atoms with Gasteiger partial charge in [-0.2, -0.15) is 0 Å². The highest BCUT2D eigenvalue weighted by molar-refractivity contribution is 6.10. The van der Waals surface area contributed by atoms with E-state index in [-0.39, 0.29) is 0 Å². The van der Waals surface area contributed by atoms with Crippen LogP contribution in [-0.4, -0.2) is 9.97 Å². The number of fused-ring (bicyclic) bond motifs is 3. The van der Waals surface area contributed by atoms with Crippen LogP contribution in [0, 0.1) is 0 Å². The van der Waals surface area contributed by atoms with Gasteiger partial charge in [-0.05, 0) is 74.7 Å². The van der Waals surface area contributed by atoms with Crippen LogP contribution in [-0.2, 0) is 0 Å². The molecule has 0 spiro atoms. The van der Waals surface area contributed by atoms with Crippen molar-refractivity contribution in [3.8, 4) is 55.9 Å². The first-order valence-corrected chi connectivity index (χ1v) is 14.9. The Hall–Kier alpha value is -5.86. The average molecular weight is 561 g/mol. The lowest BCUT2D eigenvalue weighted by atomic mass is 9.93. The second kappa shape index (κ2) is 11.1. The number of benzene rings is 6. The van der Waals surface area contributed by atoms with Crippen molar-refractivity contribution >= 4 is 21.7 Å². The average Bonchev–Trinajstić information content (AvgIpc) is 3.12. The highest BCUT2D eigenvalue weighted by Crippen LogP contribution is 2.35. The molecule has 0 aliphatic carbocycles. The smallest absolute Gasteiger partial charge is 0.0972 e. The molecule has 0 aliphatic heterocycles. The van der Waals surface area contributed by atoms with Gasteiger partial charge in [0.25, 0.3) is 0 Å². The number of rotatable bonds is 5. The summed E-state index contributed by atoms with van der Waals surface area (Å²) < 4.78 is 0. The number of hydrogen-bond donors (Lipinski definition) is 0. The highest BCUT2D eigenvalue weighted by Gasteiger charge is 2.13. The third-order valence-corrected chi connectivity index (χ3v) is 8.31. The van der Waals surface area contributed by atoms with Gasteiger partial charge in [-0.3, -0.25) is 4.98 Å². The van der Waals surface area contributed by atoms with Crippen LogP contribution in [0.1, 0.15) is 0 Å². The number of pyridine rings is 2. The SMILES string of the molecule is c1ccc(-c2ccc(-c3cc(-c4ccccc4)cc(-c4ccc(-c5nc6ccccc6c6ccccc56)nc4)c3)cc2)cc1. The summed E-state index contributed by atoms with van der Waals surface area (Å²) in [4.78, 5) is 10.0. The van der Waals surface area contributed by atoms with Gasteiger partial charge >= 0.3 is 0 Å². The van der Waals surface area contributed by atoms with Crippen LogP contribution < -0.4 is 0 Å². The van der Waals surface area contributed by atoms with E-state index in [1.165, 1.54) is 38.8 Å². The highest BCUT2D eigenvalue weighted by atomic mass is 14.8. The zero-order valence-electron chi connectivity index (χ0n) is 24.1. The van der Waals surface area contributed by atoms with E-state index in [0.29, 0.717) is 0 Å². The fourth-order valence-corrected chi connectivity index (χ4v) is 6.05. The van der Waals surface area contributed by atoms with Crippen molar-refractivity contribution < 1.29 is 0 Å². The van der Waals surface area contributed by atoms with E-state index in [1.54, 1.807) is 0 Å². The summed E-state index contributed by atoms with van der Waals surface area (Å²) in [5.41, 5.74) is 12.1. The van der Waals surface area contributed by atoms with Crippen LogP contribution >= 0.6 is 0 Å². The van der Waals surface area contributed by atoms with E-state index in [1.807, 2.05) is 12.3 Å². The lowest BCUT2D eigenvalue weighted by molar-refractivity contribution is 1.29. The topological polar surface area (TPSA) is 25.8 Å². The molecule has 0 bridgehead atoms. The molecule has 0 aliphatic rings. The summed E-state index contributed by atoms with van der Waals surface area (Å²) in [5, 5.41) is 3.46. The summed E-state index contributed by atoms with van der Waals surface area (Å²) in [6, 6.07) is 57.8. The normalized spacial score (nSPS) is 11.2.